The first-order valence-electron chi connectivity index (χ1n) is 6.24. The van der Waals surface area contributed by atoms with E-state index in [0.29, 0.717) is 0 Å². The molecule has 21 heavy (non-hydrogen) atoms. The van der Waals surface area contributed by atoms with E-state index < -0.39 is 28.1 Å². The van der Waals surface area contributed by atoms with E-state index in [-0.39, 0.29) is 15.7 Å². The van der Waals surface area contributed by atoms with Crippen molar-refractivity contribution in [2.24, 2.45) is 0 Å². The van der Waals surface area contributed by atoms with Crippen LogP contribution in [0.2, 0.25) is 0 Å². The minimum atomic E-state index is -0.965. The third-order valence-corrected chi connectivity index (χ3v) is 3.69. The molecule has 8 heteroatoms. The van der Waals surface area contributed by atoms with Crippen LogP contribution >= 0.6 is 15.9 Å². The molecule has 0 aliphatic carbocycles. The highest BCUT2D eigenvalue weighted by molar-refractivity contribution is 9.10. The van der Waals surface area contributed by atoms with Crippen molar-refractivity contribution < 1.29 is 14.5 Å². The van der Waals surface area contributed by atoms with E-state index in [4.69, 9.17) is 4.74 Å². The highest BCUT2D eigenvalue weighted by Crippen LogP contribution is 2.24. The van der Waals surface area contributed by atoms with Gasteiger partial charge in [0.2, 0.25) is 0 Å². The largest absolute Gasteiger partial charge is 0.458 e. The van der Waals surface area contributed by atoms with Gasteiger partial charge in [-0.05, 0) is 50.5 Å². The van der Waals surface area contributed by atoms with Gasteiger partial charge in [0.05, 0.1) is 15.6 Å². The molecule has 7 nitrogen and oxygen atoms in total. The molecule has 0 radical (unpaired) electrons. The lowest BCUT2D eigenvalue weighted by Crippen LogP contribution is -2.34. The van der Waals surface area contributed by atoms with Crippen LogP contribution in [-0.4, -0.2) is 21.1 Å². The van der Waals surface area contributed by atoms with Crippen molar-refractivity contribution in [1.82, 2.24) is 4.57 Å². The lowest BCUT2D eigenvalue weighted by atomic mass is 10.2. The quantitative estimate of drug-likeness (QED) is 0.469. The van der Waals surface area contributed by atoms with Gasteiger partial charge >= 0.3 is 5.97 Å². The average molecular weight is 361 g/mol. The zero-order valence-corrected chi connectivity index (χ0v) is 14.1. The van der Waals surface area contributed by atoms with E-state index in [1.165, 1.54) is 13.8 Å². The predicted molar refractivity (Wildman–Crippen MR) is 80.3 cm³/mol. The van der Waals surface area contributed by atoms with Crippen LogP contribution in [-0.2, 0) is 9.53 Å². The molecule has 0 aliphatic heterocycles. The number of carbonyl (C=O) groups is 1. The van der Waals surface area contributed by atoms with Crippen molar-refractivity contribution >= 4 is 27.6 Å². The first-order chi connectivity index (χ1) is 9.45. The fourth-order valence-corrected chi connectivity index (χ4v) is 2.05. The molecule has 0 aliphatic rings. The number of aromatic nitrogens is 1. The number of hydrogen-bond donors (Lipinski definition) is 0. The van der Waals surface area contributed by atoms with Crippen LogP contribution in [0.15, 0.2) is 15.5 Å². The maximum Gasteiger partial charge on any atom is 0.329 e. The van der Waals surface area contributed by atoms with Gasteiger partial charge in [-0.3, -0.25) is 19.5 Å². The van der Waals surface area contributed by atoms with Crippen molar-refractivity contribution in [3.8, 4) is 0 Å². The standard InChI is InChI=1S/C13H17BrN2O5/c1-7-9(16(19)20)6-15(11(17)10(7)14)8(2)12(18)21-13(3,4)5/h6,8H,1-5H3. The average Bonchev–Trinajstić information content (AvgIpc) is 2.33. The topological polar surface area (TPSA) is 91.4 Å². The summed E-state index contributed by atoms with van der Waals surface area (Å²) in [6.07, 6.45) is 1.07. The van der Waals surface area contributed by atoms with Crippen LogP contribution in [0, 0.1) is 17.0 Å². The lowest BCUT2D eigenvalue weighted by molar-refractivity contribution is -0.386. The molecule has 1 heterocycles. The second-order valence-corrected chi connectivity index (χ2v) is 6.43. The molecule has 116 valence electrons. The molecule has 1 aromatic heterocycles. The number of rotatable bonds is 3. The predicted octanol–water partition coefficient (Wildman–Crippen LogP) is 2.73. The van der Waals surface area contributed by atoms with E-state index in [1.54, 1.807) is 20.8 Å². The van der Waals surface area contributed by atoms with Crippen molar-refractivity contribution in [2.45, 2.75) is 46.3 Å². The van der Waals surface area contributed by atoms with E-state index >= 15 is 0 Å². The zero-order chi connectivity index (χ0) is 16.5. The van der Waals surface area contributed by atoms with Crippen molar-refractivity contribution in [3.63, 3.8) is 0 Å². The number of pyridine rings is 1. The SMILES string of the molecule is Cc1c([N+](=O)[O-])cn(C(C)C(=O)OC(C)(C)C)c(=O)c1Br. The number of ether oxygens (including phenoxy) is 1. The molecule has 1 unspecified atom stereocenters. The molecule has 0 saturated carbocycles. The van der Waals surface area contributed by atoms with Gasteiger partial charge in [0.1, 0.15) is 11.6 Å². The lowest BCUT2D eigenvalue weighted by Gasteiger charge is -2.23. The molecular formula is C13H17BrN2O5. The Hall–Kier alpha value is -1.70. The molecule has 1 aromatic rings. The maximum atomic E-state index is 12.2. The Morgan fingerprint density at radius 1 is 1.48 bits per heavy atom. The van der Waals surface area contributed by atoms with Crippen LogP contribution in [0.3, 0.4) is 0 Å². The van der Waals surface area contributed by atoms with Gasteiger partial charge in [-0.15, -0.1) is 0 Å². The molecule has 1 rings (SSSR count). The fraction of sp³-hybridized carbons (Fsp3) is 0.538. The van der Waals surface area contributed by atoms with E-state index in [1.807, 2.05) is 0 Å². The molecule has 0 saturated heterocycles. The number of nitro groups is 1. The minimum Gasteiger partial charge on any atom is -0.458 e. The Labute approximate surface area is 130 Å². The van der Waals surface area contributed by atoms with Crippen LogP contribution < -0.4 is 5.56 Å². The third kappa shape index (κ3) is 3.90. The summed E-state index contributed by atoms with van der Waals surface area (Å²) in [5.74, 6) is -0.630. The molecule has 0 aromatic carbocycles. The summed E-state index contributed by atoms with van der Waals surface area (Å²) in [7, 11) is 0. The number of nitrogens with zero attached hydrogens (tertiary/aromatic N) is 2. The molecule has 1 atom stereocenters. The van der Waals surface area contributed by atoms with Crippen LogP contribution in [0.4, 0.5) is 5.69 Å². The molecular weight excluding hydrogens is 344 g/mol. The normalized spacial score (nSPS) is 12.9. The van der Waals surface area contributed by atoms with Gasteiger partial charge in [-0.25, -0.2) is 4.79 Å². The Balaban J connectivity index is 3.34. The Morgan fingerprint density at radius 3 is 2.43 bits per heavy atom. The molecule has 0 spiro atoms. The highest BCUT2D eigenvalue weighted by Gasteiger charge is 2.27. The van der Waals surface area contributed by atoms with Gasteiger partial charge in [0.15, 0.2) is 0 Å². The minimum absolute atomic E-state index is 0.0621. The first-order valence-corrected chi connectivity index (χ1v) is 7.03. The number of halogens is 1. The smallest absolute Gasteiger partial charge is 0.329 e. The molecule has 0 amide bonds. The van der Waals surface area contributed by atoms with Gasteiger partial charge in [0.25, 0.3) is 11.2 Å². The molecule has 0 fully saturated rings. The summed E-state index contributed by atoms with van der Waals surface area (Å²) in [6.45, 7) is 8.03. The van der Waals surface area contributed by atoms with Crippen LogP contribution in [0.25, 0.3) is 0 Å². The fourth-order valence-electron chi connectivity index (χ4n) is 1.65. The van der Waals surface area contributed by atoms with E-state index in [2.05, 4.69) is 15.9 Å². The molecule has 0 bridgehead atoms. The third-order valence-electron chi connectivity index (χ3n) is 2.76. The summed E-state index contributed by atoms with van der Waals surface area (Å²) in [4.78, 5) is 34.6. The van der Waals surface area contributed by atoms with E-state index in [0.717, 1.165) is 10.8 Å². The Bertz CT molecular complexity index is 645. The highest BCUT2D eigenvalue weighted by atomic mass is 79.9. The van der Waals surface area contributed by atoms with E-state index in [9.17, 15) is 19.7 Å². The van der Waals surface area contributed by atoms with Gasteiger partial charge in [0, 0.05) is 5.56 Å². The Kier molecular flexibility index (Phi) is 4.93. The maximum absolute atomic E-state index is 12.2. The summed E-state index contributed by atoms with van der Waals surface area (Å²) in [6, 6.07) is -0.965. The second kappa shape index (κ2) is 5.97. The number of hydrogen-bond acceptors (Lipinski definition) is 5. The summed E-state index contributed by atoms with van der Waals surface area (Å²) >= 11 is 3.04. The zero-order valence-electron chi connectivity index (χ0n) is 12.5. The summed E-state index contributed by atoms with van der Waals surface area (Å²) in [5, 5.41) is 11.0. The van der Waals surface area contributed by atoms with Crippen LogP contribution in [0.5, 0.6) is 0 Å². The summed E-state index contributed by atoms with van der Waals surface area (Å²) < 4.78 is 6.26. The number of carbonyl (C=O) groups excluding carboxylic acids is 1. The monoisotopic (exact) mass is 360 g/mol. The van der Waals surface area contributed by atoms with Gasteiger partial charge in [-0.1, -0.05) is 0 Å². The van der Waals surface area contributed by atoms with Crippen molar-refractivity contribution in [1.29, 1.82) is 0 Å². The van der Waals surface area contributed by atoms with Crippen molar-refractivity contribution in [2.75, 3.05) is 0 Å². The van der Waals surface area contributed by atoms with Gasteiger partial charge in [-0.2, -0.15) is 0 Å². The Morgan fingerprint density at radius 2 is 2.00 bits per heavy atom. The second-order valence-electron chi connectivity index (χ2n) is 5.63. The van der Waals surface area contributed by atoms with Crippen molar-refractivity contribution in [3.05, 3.63) is 36.7 Å². The van der Waals surface area contributed by atoms with Crippen LogP contribution in [0.1, 0.15) is 39.3 Å². The molecule has 0 N–H and O–H groups in total. The first kappa shape index (κ1) is 17.4. The number of esters is 1. The summed E-state index contributed by atoms with van der Waals surface area (Å²) in [5.41, 5.74) is -1.24. The van der Waals surface area contributed by atoms with Gasteiger partial charge < -0.3 is 4.74 Å².